The summed E-state index contributed by atoms with van der Waals surface area (Å²) in [5.41, 5.74) is 1.10. The Labute approximate surface area is 449 Å². The van der Waals surface area contributed by atoms with E-state index in [2.05, 4.69) is 0 Å². The van der Waals surface area contributed by atoms with Crippen LogP contribution in [0.5, 0.6) is 17.2 Å². The van der Waals surface area contributed by atoms with Gasteiger partial charge in [0.2, 0.25) is 17.4 Å². The number of rotatable bonds is 36. The number of carboxylic acid groups (broad SMARTS) is 4. The Hall–Kier alpha value is -6.07. The minimum atomic E-state index is -1.90. The van der Waals surface area contributed by atoms with Crippen molar-refractivity contribution in [3.05, 3.63) is 88.5 Å². The summed E-state index contributed by atoms with van der Waals surface area (Å²) in [6.45, 7) is 3.41. The number of hydrogen-bond acceptors (Lipinski definition) is 18. The molecule has 0 aromatic heterocycles. The highest BCUT2D eigenvalue weighted by Crippen LogP contribution is 2.30. The monoisotopic (exact) mass is 1110 g/mol. The van der Waals surface area contributed by atoms with Gasteiger partial charge in [-0.3, -0.25) is 38.8 Å². The molecule has 3 aromatic carbocycles. The molecule has 1 heterocycles. The Morgan fingerprint density at radius 2 is 0.987 bits per heavy atom. The molecule has 0 bridgehead atoms. The lowest BCUT2D eigenvalue weighted by atomic mass is 10.0. The predicted molar refractivity (Wildman–Crippen MR) is 268 cm³/mol. The lowest BCUT2D eigenvalue weighted by Gasteiger charge is -2.37. The third kappa shape index (κ3) is 25.2. The molecule has 4 N–H and O–H groups in total. The van der Waals surface area contributed by atoms with Gasteiger partial charge in [0.15, 0.2) is 11.6 Å². The van der Waals surface area contributed by atoms with E-state index in [1.54, 1.807) is 51.0 Å². The fourth-order valence-corrected chi connectivity index (χ4v) is 7.95. The van der Waals surface area contributed by atoms with Gasteiger partial charge in [-0.25, -0.2) is 13.6 Å². The van der Waals surface area contributed by atoms with Crippen LogP contribution < -0.4 is 14.2 Å². The van der Waals surface area contributed by atoms with Crippen molar-refractivity contribution in [2.45, 2.75) is 25.3 Å². The Balaban J connectivity index is 1.35. The second-order valence-corrected chi connectivity index (χ2v) is 17.7. The third-order valence-electron chi connectivity index (χ3n) is 11.8. The van der Waals surface area contributed by atoms with Crippen LogP contribution in [-0.2, 0) is 60.4 Å². The van der Waals surface area contributed by atoms with Gasteiger partial charge in [0.25, 0.3) is 0 Å². The minimum absolute atomic E-state index is 0.0162. The van der Waals surface area contributed by atoms with Crippen LogP contribution in [0.15, 0.2) is 48.5 Å². The smallest absolute Gasteiger partial charge is 0.347 e. The second kappa shape index (κ2) is 36.2. The Bertz CT molecular complexity index is 2300. The normalized spacial score (nSPS) is 15.3. The van der Waals surface area contributed by atoms with Crippen molar-refractivity contribution in [2.24, 2.45) is 0 Å². The number of methoxy groups -OCH3 is 1. The Morgan fingerprint density at radius 3 is 1.50 bits per heavy atom. The van der Waals surface area contributed by atoms with E-state index in [9.17, 15) is 62.0 Å². The first kappa shape index (κ1) is 64.5. The molecule has 0 saturated carbocycles. The van der Waals surface area contributed by atoms with E-state index in [1.807, 2.05) is 0 Å². The van der Waals surface area contributed by atoms with Gasteiger partial charge in [0.1, 0.15) is 23.7 Å². The first-order valence-electron chi connectivity index (χ1n) is 25.2. The number of esters is 1. The molecule has 22 nitrogen and oxygen atoms in total. The lowest BCUT2D eigenvalue weighted by molar-refractivity contribution is -0.142. The number of ether oxygens (including phenoxy) is 9. The lowest BCUT2D eigenvalue weighted by Crippen LogP contribution is -2.53. The molecule has 0 spiro atoms. The summed E-state index contributed by atoms with van der Waals surface area (Å²) in [6, 6.07) is 10.7. The second-order valence-electron chi connectivity index (χ2n) is 17.7. The maximum atomic E-state index is 14.5. The standard InChI is InChI=1S/C52H70F4N4O18/c1-70-17-18-71-19-20-72-21-22-73-23-24-74-25-26-75-27-28-77-44-30-37(6-9-41(44)52(69)78-51-49(55)42(53)31-43(54)50(51)56)3-2-16-76-40-7-4-38(5-8-40)29-39-32-59(35-47(65)66)13-12-57(33-45(61)62)10-11-58(34-46(63)64)14-15-60(39)36-48(67)68/h4-9,30-31,39H,2-3,10-29,32-36H2,1H3,(H,61,62)(H,63,64)(H,65,66)(H,67,68). The molecule has 1 unspecified atom stereocenters. The van der Waals surface area contributed by atoms with Crippen LogP contribution in [-0.4, -0.2) is 241 Å². The van der Waals surface area contributed by atoms with E-state index in [1.165, 1.54) is 18.2 Å². The third-order valence-corrected chi connectivity index (χ3v) is 11.8. The van der Waals surface area contributed by atoms with Crippen molar-refractivity contribution in [3.8, 4) is 17.2 Å². The number of aliphatic carboxylic acids is 4. The van der Waals surface area contributed by atoms with Crippen molar-refractivity contribution in [2.75, 3.05) is 165 Å². The number of carbonyl (C=O) groups is 5. The first-order valence-corrected chi connectivity index (χ1v) is 25.2. The molecule has 0 aliphatic carbocycles. The summed E-state index contributed by atoms with van der Waals surface area (Å²) in [5, 5.41) is 38.8. The number of aryl methyl sites for hydroxylation is 1. The fourth-order valence-electron chi connectivity index (χ4n) is 7.95. The Kier molecular flexibility index (Phi) is 29.9. The van der Waals surface area contributed by atoms with E-state index in [4.69, 9.17) is 42.6 Å². The van der Waals surface area contributed by atoms with Crippen molar-refractivity contribution in [1.82, 2.24) is 19.6 Å². The predicted octanol–water partition coefficient (Wildman–Crippen LogP) is 3.05. The Morgan fingerprint density at radius 1 is 0.526 bits per heavy atom. The largest absolute Gasteiger partial charge is 0.494 e. The highest BCUT2D eigenvalue weighted by molar-refractivity contribution is 5.94. The van der Waals surface area contributed by atoms with Crippen molar-refractivity contribution < 1.29 is 105 Å². The topological polar surface area (TPSA) is 262 Å². The van der Waals surface area contributed by atoms with Crippen LogP contribution in [0, 0.1) is 23.3 Å². The van der Waals surface area contributed by atoms with Crippen LogP contribution in [0.4, 0.5) is 17.6 Å². The quantitative estimate of drug-likeness (QED) is 0.0214. The van der Waals surface area contributed by atoms with E-state index in [0.29, 0.717) is 77.0 Å². The van der Waals surface area contributed by atoms with Gasteiger partial charge in [0, 0.05) is 65.0 Å². The van der Waals surface area contributed by atoms with Crippen LogP contribution in [0.2, 0.25) is 0 Å². The number of hydrogen-bond donors (Lipinski definition) is 4. The highest BCUT2D eigenvalue weighted by Gasteiger charge is 2.29. The van der Waals surface area contributed by atoms with Gasteiger partial charge in [-0.2, -0.15) is 8.78 Å². The molecule has 434 valence electrons. The van der Waals surface area contributed by atoms with Gasteiger partial charge in [0.05, 0.1) is 105 Å². The molecular weight excluding hydrogens is 1040 g/mol. The SMILES string of the molecule is COCCOCCOCCOCCOCCOCCOc1cc(CCCOc2ccc(CC3CN(CC(=O)O)CCN(CC(=O)O)CCN(CC(=O)O)CCN3CC(=O)O)cc2)ccc1C(=O)Oc1c(F)c(F)cc(F)c1F. The molecule has 0 amide bonds. The first-order chi connectivity index (χ1) is 37.5. The summed E-state index contributed by atoms with van der Waals surface area (Å²) >= 11 is 0. The summed E-state index contributed by atoms with van der Waals surface area (Å²) < 4.78 is 106. The molecule has 1 fully saturated rings. The van der Waals surface area contributed by atoms with Gasteiger partial charge in [-0.15, -0.1) is 0 Å². The highest BCUT2D eigenvalue weighted by atomic mass is 19.2. The van der Waals surface area contributed by atoms with E-state index >= 15 is 0 Å². The summed E-state index contributed by atoms with van der Waals surface area (Å²) in [7, 11) is 1.59. The molecule has 3 aromatic rings. The number of halogens is 4. The number of nitrogens with zero attached hydrogens (tertiary/aromatic N) is 4. The fraction of sp³-hybridized carbons (Fsp3) is 0.558. The molecule has 78 heavy (non-hydrogen) atoms. The molecule has 1 aliphatic heterocycles. The van der Waals surface area contributed by atoms with Crippen molar-refractivity contribution in [3.63, 3.8) is 0 Å². The van der Waals surface area contributed by atoms with Gasteiger partial charge >= 0.3 is 29.8 Å². The maximum Gasteiger partial charge on any atom is 0.347 e. The molecule has 1 saturated heterocycles. The summed E-state index contributed by atoms with van der Waals surface area (Å²) in [6.07, 6.45) is 1.08. The number of benzene rings is 3. The van der Waals surface area contributed by atoms with Crippen LogP contribution >= 0.6 is 0 Å². The van der Waals surface area contributed by atoms with Gasteiger partial charge in [-0.1, -0.05) is 18.2 Å². The summed E-state index contributed by atoms with van der Waals surface area (Å²) in [4.78, 5) is 67.3. The van der Waals surface area contributed by atoms with Crippen LogP contribution in [0.1, 0.15) is 27.9 Å². The van der Waals surface area contributed by atoms with E-state index < -0.39 is 78.0 Å². The molecule has 26 heteroatoms. The van der Waals surface area contributed by atoms with Crippen LogP contribution in [0.25, 0.3) is 0 Å². The van der Waals surface area contributed by atoms with Crippen molar-refractivity contribution >= 4 is 29.8 Å². The molecule has 1 atom stereocenters. The minimum Gasteiger partial charge on any atom is -0.494 e. The van der Waals surface area contributed by atoms with Gasteiger partial charge in [-0.05, 0) is 54.7 Å². The van der Waals surface area contributed by atoms with E-state index in [0.717, 1.165) is 5.56 Å². The molecular formula is C52H70F4N4O18. The zero-order valence-electron chi connectivity index (χ0n) is 43.6. The zero-order chi connectivity index (χ0) is 56.7. The average Bonchev–Trinajstić information content (AvgIpc) is 3.40. The number of carboxylic acids is 4. The number of carbonyl (C=O) groups excluding carboxylic acids is 1. The molecule has 1 aliphatic rings. The molecule has 4 rings (SSSR count). The average molecular weight is 1120 g/mol. The zero-order valence-corrected chi connectivity index (χ0v) is 43.6. The van der Waals surface area contributed by atoms with Crippen molar-refractivity contribution in [1.29, 1.82) is 0 Å². The van der Waals surface area contributed by atoms with Crippen LogP contribution in [0.3, 0.4) is 0 Å². The molecule has 0 radical (unpaired) electrons. The van der Waals surface area contributed by atoms with Gasteiger partial charge < -0.3 is 63.1 Å². The maximum absolute atomic E-state index is 14.5. The summed E-state index contributed by atoms with van der Waals surface area (Å²) in [5.74, 6) is -14.3. The van der Waals surface area contributed by atoms with E-state index in [-0.39, 0.29) is 116 Å².